The summed E-state index contributed by atoms with van der Waals surface area (Å²) in [6.07, 6.45) is 5.11. The Balaban J connectivity index is 2.83. The van der Waals surface area contributed by atoms with Gasteiger partial charge in [-0.2, -0.15) is 11.8 Å². The first kappa shape index (κ1) is 15.1. The summed E-state index contributed by atoms with van der Waals surface area (Å²) < 4.78 is 0.974. The van der Waals surface area contributed by atoms with Gasteiger partial charge in [-0.1, -0.05) is 0 Å². The highest BCUT2D eigenvalue weighted by molar-refractivity contribution is 9.10. The minimum absolute atomic E-state index is 0.470. The lowest BCUT2D eigenvalue weighted by Gasteiger charge is -2.27. The van der Waals surface area contributed by atoms with Crippen LogP contribution in [0.1, 0.15) is 18.9 Å². The molecule has 0 fully saturated rings. The van der Waals surface area contributed by atoms with E-state index in [1.807, 2.05) is 24.0 Å². The molecule has 0 aromatic carbocycles. The van der Waals surface area contributed by atoms with Crippen LogP contribution in [0.15, 0.2) is 16.7 Å². The normalized spacial score (nSPS) is 12.5. The Morgan fingerprint density at radius 1 is 1.59 bits per heavy atom. The van der Waals surface area contributed by atoms with Crippen LogP contribution in [0.3, 0.4) is 0 Å². The van der Waals surface area contributed by atoms with Gasteiger partial charge in [-0.25, -0.2) is 4.98 Å². The van der Waals surface area contributed by atoms with Crippen LogP contribution in [-0.4, -0.2) is 30.1 Å². The molecule has 17 heavy (non-hydrogen) atoms. The van der Waals surface area contributed by atoms with Gasteiger partial charge in [0.15, 0.2) is 0 Å². The summed E-state index contributed by atoms with van der Waals surface area (Å²) in [5.41, 5.74) is 1.07. The van der Waals surface area contributed by atoms with Crippen molar-refractivity contribution in [1.29, 1.82) is 0 Å². The molecule has 1 rings (SSSR count). The molecule has 0 aliphatic rings. The summed E-state index contributed by atoms with van der Waals surface area (Å²) in [5, 5.41) is 0. The molecular weight excluding hydrogens is 320 g/mol. The summed E-state index contributed by atoms with van der Waals surface area (Å²) in [7, 11) is 2.08. The minimum Gasteiger partial charge on any atom is -0.357 e. The predicted molar refractivity (Wildman–Crippen MR) is 82.4 cm³/mol. The molecule has 0 saturated heterocycles. The molecule has 1 atom stereocenters. The van der Waals surface area contributed by atoms with E-state index in [9.17, 15) is 0 Å². The Morgan fingerprint density at radius 3 is 2.88 bits per heavy atom. The molecule has 1 heterocycles. The fourth-order valence-corrected chi connectivity index (χ4v) is 2.73. The zero-order chi connectivity index (χ0) is 12.8. The molecule has 0 aliphatic carbocycles. The van der Waals surface area contributed by atoms with Crippen molar-refractivity contribution in [2.24, 2.45) is 0 Å². The largest absolute Gasteiger partial charge is 0.357 e. The monoisotopic (exact) mass is 336 g/mol. The van der Waals surface area contributed by atoms with Crippen LogP contribution in [0.2, 0.25) is 0 Å². The van der Waals surface area contributed by atoms with Gasteiger partial charge < -0.3 is 4.90 Å². The summed E-state index contributed by atoms with van der Waals surface area (Å²) >= 11 is 11.3. The van der Waals surface area contributed by atoms with Crippen LogP contribution >= 0.6 is 39.3 Å². The molecule has 1 unspecified atom stereocenters. The Bertz CT molecular complexity index is 362. The Morgan fingerprint density at radius 2 is 2.29 bits per heavy atom. The molecule has 0 radical (unpaired) electrons. The van der Waals surface area contributed by atoms with E-state index in [0.717, 1.165) is 28.0 Å². The third-order valence-corrected chi connectivity index (χ3v) is 4.15. The number of thioether (sulfide) groups is 1. The third-order valence-electron chi connectivity index (χ3n) is 2.79. The quantitative estimate of drug-likeness (QED) is 0.725. The molecule has 0 saturated carbocycles. The molecule has 1 aromatic rings. The number of alkyl halides is 1. The second kappa shape index (κ2) is 7.49. The smallest absolute Gasteiger partial charge is 0.132 e. The summed E-state index contributed by atoms with van der Waals surface area (Å²) in [4.78, 5) is 6.67. The molecular formula is C12H18BrClN2S. The van der Waals surface area contributed by atoms with Gasteiger partial charge in [-0.15, -0.1) is 11.6 Å². The van der Waals surface area contributed by atoms with Crippen LogP contribution < -0.4 is 4.90 Å². The van der Waals surface area contributed by atoms with E-state index in [1.165, 1.54) is 0 Å². The molecule has 96 valence electrons. The first-order chi connectivity index (χ1) is 8.10. The van der Waals surface area contributed by atoms with Gasteiger partial charge >= 0.3 is 0 Å². The van der Waals surface area contributed by atoms with Gasteiger partial charge in [0, 0.05) is 29.3 Å². The standard InChI is InChI=1S/C12H18BrClN2S/c1-9(4-5-17-3)16(2)12-10(7-14)6-11(13)8-15-12/h6,8-9H,4-5,7H2,1-3H3. The maximum absolute atomic E-state index is 5.97. The first-order valence-corrected chi connectivity index (χ1v) is 8.24. The average Bonchev–Trinajstić information content (AvgIpc) is 2.34. The van der Waals surface area contributed by atoms with E-state index in [4.69, 9.17) is 11.6 Å². The van der Waals surface area contributed by atoms with Gasteiger partial charge in [-0.3, -0.25) is 0 Å². The molecule has 1 aromatic heterocycles. The maximum Gasteiger partial charge on any atom is 0.132 e. The van der Waals surface area contributed by atoms with Gasteiger partial charge in [0.25, 0.3) is 0 Å². The van der Waals surface area contributed by atoms with Crippen molar-refractivity contribution in [3.63, 3.8) is 0 Å². The number of hydrogen-bond acceptors (Lipinski definition) is 3. The second-order valence-electron chi connectivity index (χ2n) is 4.01. The van der Waals surface area contributed by atoms with Gasteiger partial charge in [0.05, 0.1) is 5.88 Å². The van der Waals surface area contributed by atoms with Crippen LogP contribution in [0.4, 0.5) is 5.82 Å². The number of rotatable bonds is 6. The third kappa shape index (κ3) is 4.34. The lowest BCUT2D eigenvalue weighted by atomic mass is 10.2. The van der Waals surface area contributed by atoms with Crippen molar-refractivity contribution in [2.75, 3.05) is 24.0 Å². The van der Waals surface area contributed by atoms with E-state index in [1.54, 1.807) is 0 Å². The number of anilines is 1. The summed E-state index contributed by atoms with van der Waals surface area (Å²) in [6.45, 7) is 2.22. The van der Waals surface area contributed by atoms with Crippen LogP contribution in [0.5, 0.6) is 0 Å². The topological polar surface area (TPSA) is 16.1 Å². The van der Waals surface area contributed by atoms with E-state index in [0.29, 0.717) is 11.9 Å². The number of aromatic nitrogens is 1. The van der Waals surface area contributed by atoms with E-state index in [2.05, 4.69) is 46.0 Å². The zero-order valence-corrected chi connectivity index (χ0v) is 13.6. The molecule has 0 aliphatic heterocycles. The fraction of sp³-hybridized carbons (Fsp3) is 0.583. The van der Waals surface area contributed by atoms with Gasteiger partial charge in [0.2, 0.25) is 0 Å². The average molecular weight is 338 g/mol. The highest BCUT2D eigenvalue weighted by Crippen LogP contribution is 2.24. The number of hydrogen-bond donors (Lipinski definition) is 0. The SMILES string of the molecule is CSCCC(C)N(C)c1ncc(Br)cc1CCl. The number of nitrogens with zero attached hydrogens (tertiary/aromatic N) is 2. The minimum atomic E-state index is 0.470. The highest BCUT2D eigenvalue weighted by atomic mass is 79.9. The van der Waals surface area contributed by atoms with E-state index < -0.39 is 0 Å². The predicted octanol–water partition coefficient (Wildman–Crippen LogP) is 4.16. The van der Waals surface area contributed by atoms with Crippen molar-refractivity contribution in [3.8, 4) is 0 Å². The highest BCUT2D eigenvalue weighted by Gasteiger charge is 2.14. The molecule has 2 nitrogen and oxygen atoms in total. The molecule has 0 bridgehead atoms. The van der Waals surface area contributed by atoms with E-state index >= 15 is 0 Å². The van der Waals surface area contributed by atoms with Crippen LogP contribution in [-0.2, 0) is 5.88 Å². The lowest BCUT2D eigenvalue weighted by Crippen LogP contribution is -2.30. The molecule has 5 heteroatoms. The maximum atomic E-state index is 5.97. The summed E-state index contributed by atoms with van der Waals surface area (Å²) in [5.74, 6) is 2.64. The van der Waals surface area contributed by atoms with Gasteiger partial charge in [0.1, 0.15) is 5.82 Å². The van der Waals surface area contributed by atoms with Crippen molar-refractivity contribution < 1.29 is 0 Å². The van der Waals surface area contributed by atoms with Crippen molar-refractivity contribution in [2.45, 2.75) is 25.3 Å². The second-order valence-corrected chi connectivity index (χ2v) is 6.18. The molecule has 0 spiro atoms. The molecule has 0 N–H and O–H groups in total. The zero-order valence-electron chi connectivity index (χ0n) is 10.4. The van der Waals surface area contributed by atoms with Crippen molar-refractivity contribution in [3.05, 3.63) is 22.3 Å². The fourth-order valence-electron chi connectivity index (χ4n) is 1.58. The van der Waals surface area contributed by atoms with Crippen LogP contribution in [0, 0.1) is 0 Å². The van der Waals surface area contributed by atoms with Crippen LogP contribution in [0.25, 0.3) is 0 Å². The first-order valence-electron chi connectivity index (χ1n) is 5.52. The lowest BCUT2D eigenvalue weighted by molar-refractivity contribution is 0.660. The Hall–Kier alpha value is 0.0700. The van der Waals surface area contributed by atoms with Crippen molar-refractivity contribution in [1.82, 2.24) is 4.98 Å². The van der Waals surface area contributed by atoms with Crippen molar-refractivity contribution >= 4 is 45.1 Å². The number of halogens is 2. The van der Waals surface area contributed by atoms with E-state index in [-0.39, 0.29) is 0 Å². The van der Waals surface area contributed by atoms with Gasteiger partial charge in [-0.05, 0) is 47.3 Å². The Kier molecular flexibility index (Phi) is 6.67. The Labute approximate surface area is 121 Å². The molecule has 0 amide bonds. The summed E-state index contributed by atoms with van der Waals surface area (Å²) in [6, 6.07) is 2.51. The number of pyridine rings is 1.